The van der Waals surface area contributed by atoms with Gasteiger partial charge in [-0.15, -0.1) is 0 Å². The molecule has 0 aliphatic carbocycles. The van der Waals surface area contributed by atoms with Crippen molar-refractivity contribution < 1.29 is 14.4 Å². The Balaban J connectivity index is 1.75. The van der Waals surface area contributed by atoms with E-state index in [2.05, 4.69) is 10.6 Å². The third-order valence-corrected chi connectivity index (χ3v) is 6.18. The molecule has 0 saturated carbocycles. The predicted octanol–water partition coefficient (Wildman–Crippen LogP) is 2.81. The zero-order chi connectivity index (χ0) is 22.9. The van der Waals surface area contributed by atoms with E-state index in [1.807, 2.05) is 0 Å². The van der Waals surface area contributed by atoms with Crippen molar-refractivity contribution in [2.45, 2.75) is 44.6 Å². The highest BCUT2D eigenvalue weighted by molar-refractivity contribution is 6.36. The number of amides is 3. The predicted molar refractivity (Wildman–Crippen MR) is 118 cm³/mol. The van der Waals surface area contributed by atoms with Crippen molar-refractivity contribution in [1.29, 1.82) is 0 Å². The standard InChI is InChI=1S/C22H23Cl2N3O4/c1-22(2,13-4-7-18(29)27(3)11-13)21(31)25-10-12-8-15(23)19(16(24)9-12)14-5-6-17(28)26-20(14)30/h4,7-9,11,14H,5-6,10H2,1-3H3,(H,25,31)(H,26,28,30). The number of benzene rings is 1. The fraction of sp³-hybridized carbons (Fsp3) is 0.364. The molecule has 9 heteroatoms. The van der Waals surface area contributed by atoms with Crippen molar-refractivity contribution in [3.63, 3.8) is 0 Å². The van der Waals surface area contributed by atoms with Crippen LogP contribution in [0.3, 0.4) is 0 Å². The molecule has 1 aromatic heterocycles. The molecule has 3 amide bonds. The summed E-state index contributed by atoms with van der Waals surface area (Å²) in [7, 11) is 1.63. The summed E-state index contributed by atoms with van der Waals surface area (Å²) in [5.41, 5.74) is 0.840. The molecule has 1 saturated heterocycles. The molecule has 0 spiro atoms. The smallest absolute Gasteiger partial charge is 0.250 e. The van der Waals surface area contributed by atoms with Crippen LogP contribution < -0.4 is 16.2 Å². The van der Waals surface area contributed by atoms with Gasteiger partial charge in [0.2, 0.25) is 23.3 Å². The molecule has 0 radical (unpaired) electrons. The van der Waals surface area contributed by atoms with Crippen molar-refractivity contribution in [2.75, 3.05) is 0 Å². The first-order valence-corrected chi connectivity index (χ1v) is 10.5. The summed E-state index contributed by atoms with van der Waals surface area (Å²) >= 11 is 12.8. The molecule has 2 heterocycles. The number of pyridine rings is 1. The minimum atomic E-state index is -0.869. The van der Waals surface area contributed by atoms with E-state index in [0.29, 0.717) is 33.2 Å². The Bertz CT molecular complexity index is 1100. The molecular weight excluding hydrogens is 441 g/mol. The number of carbonyl (C=O) groups is 3. The molecule has 1 atom stereocenters. The molecule has 3 rings (SSSR count). The number of aromatic nitrogens is 1. The monoisotopic (exact) mass is 463 g/mol. The number of imide groups is 1. The van der Waals surface area contributed by atoms with Crippen LogP contribution in [0.5, 0.6) is 0 Å². The van der Waals surface area contributed by atoms with Crippen molar-refractivity contribution in [3.8, 4) is 0 Å². The van der Waals surface area contributed by atoms with E-state index < -0.39 is 17.2 Å². The number of nitrogens with zero attached hydrogens (tertiary/aromatic N) is 1. The first-order chi connectivity index (χ1) is 14.5. The quantitative estimate of drug-likeness (QED) is 0.666. The van der Waals surface area contributed by atoms with Gasteiger partial charge in [0.15, 0.2) is 0 Å². The second-order valence-electron chi connectivity index (χ2n) is 8.15. The van der Waals surface area contributed by atoms with Gasteiger partial charge in [-0.05, 0) is 43.5 Å². The maximum absolute atomic E-state index is 12.8. The molecule has 164 valence electrons. The molecule has 7 nitrogen and oxygen atoms in total. The van der Waals surface area contributed by atoms with Crippen LogP contribution in [0, 0.1) is 0 Å². The molecule has 1 aliphatic rings. The van der Waals surface area contributed by atoms with E-state index in [4.69, 9.17) is 23.2 Å². The van der Waals surface area contributed by atoms with Crippen LogP contribution in [0.4, 0.5) is 0 Å². The fourth-order valence-electron chi connectivity index (χ4n) is 3.54. The molecular formula is C22H23Cl2N3O4. The summed E-state index contributed by atoms with van der Waals surface area (Å²) < 4.78 is 1.43. The molecule has 2 aromatic rings. The van der Waals surface area contributed by atoms with Gasteiger partial charge in [0.25, 0.3) is 0 Å². The SMILES string of the molecule is Cn1cc(C(C)(C)C(=O)NCc2cc(Cl)c(C3CCC(=O)NC3=O)c(Cl)c2)ccc1=O. The Kier molecular flexibility index (Phi) is 6.57. The van der Waals surface area contributed by atoms with Gasteiger partial charge in [0, 0.05) is 47.9 Å². The van der Waals surface area contributed by atoms with Crippen molar-refractivity contribution in [2.24, 2.45) is 7.05 Å². The average molecular weight is 464 g/mol. The third kappa shape index (κ3) is 4.83. The Morgan fingerprint density at radius 3 is 2.42 bits per heavy atom. The van der Waals surface area contributed by atoms with Crippen LogP contribution in [0.1, 0.15) is 49.3 Å². The summed E-state index contributed by atoms with van der Waals surface area (Å²) in [4.78, 5) is 48.0. The number of hydrogen-bond acceptors (Lipinski definition) is 4. The van der Waals surface area contributed by atoms with E-state index in [1.165, 1.54) is 10.6 Å². The van der Waals surface area contributed by atoms with E-state index >= 15 is 0 Å². The Morgan fingerprint density at radius 1 is 1.19 bits per heavy atom. The topological polar surface area (TPSA) is 97.3 Å². The lowest BCUT2D eigenvalue weighted by atomic mass is 9.84. The summed E-state index contributed by atoms with van der Waals surface area (Å²) in [5, 5.41) is 5.79. The maximum atomic E-state index is 12.8. The van der Waals surface area contributed by atoms with Crippen LogP contribution in [-0.4, -0.2) is 22.3 Å². The third-order valence-electron chi connectivity index (χ3n) is 5.55. The number of piperidine rings is 1. The van der Waals surface area contributed by atoms with Gasteiger partial charge in [0.1, 0.15) is 0 Å². The van der Waals surface area contributed by atoms with Crippen LogP contribution in [0.15, 0.2) is 35.3 Å². The zero-order valence-corrected chi connectivity index (χ0v) is 18.9. The van der Waals surface area contributed by atoms with Gasteiger partial charge in [0.05, 0.1) is 11.3 Å². The van der Waals surface area contributed by atoms with Crippen LogP contribution in [0.2, 0.25) is 10.0 Å². The Morgan fingerprint density at radius 2 is 1.84 bits per heavy atom. The highest BCUT2D eigenvalue weighted by atomic mass is 35.5. The number of nitrogens with one attached hydrogen (secondary N) is 2. The molecule has 31 heavy (non-hydrogen) atoms. The first-order valence-electron chi connectivity index (χ1n) is 9.77. The van der Waals surface area contributed by atoms with Crippen molar-refractivity contribution in [3.05, 3.63) is 67.6 Å². The van der Waals surface area contributed by atoms with Crippen LogP contribution in [-0.2, 0) is 33.4 Å². The number of carbonyl (C=O) groups excluding carboxylic acids is 3. The van der Waals surface area contributed by atoms with Crippen molar-refractivity contribution in [1.82, 2.24) is 15.2 Å². The summed E-state index contributed by atoms with van der Waals surface area (Å²) in [6, 6.07) is 6.39. The van der Waals surface area contributed by atoms with E-state index in [0.717, 1.165) is 0 Å². The summed E-state index contributed by atoms with van der Waals surface area (Å²) in [5.74, 6) is -1.55. The van der Waals surface area contributed by atoms with E-state index in [9.17, 15) is 19.2 Å². The Hall–Kier alpha value is -2.64. The average Bonchev–Trinajstić information content (AvgIpc) is 2.69. The van der Waals surface area contributed by atoms with Gasteiger partial charge in [-0.25, -0.2) is 0 Å². The van der Waals surface area contributed by atoms with E-state index in [-0.39, 0.29) is 30.3 Å². The summed E-state index contributed by atoms with van der Waals surface area (Å²) in [6.45, 7) is 3.73. The number of aryl methyl sites for hydroxylation is 1. The largest absolute Gasteiger partial charge is 0.351 e. The number of rotatable bonds is 5. The van der Waals surface area contributed by atoms with Gasteiger partial charge < -0.3 is 9.88 Å². The first kappa shape index (κ1) is 23.0. The number of hydrogen-bond donors (Lipinski definition) is 2. The Labute approximate surface area is 189 Å². The van der Waals surface area contributed by atoms with Crippen LogP contribution >= 0.6 is 23.2 Å². The lowest BCUT2D eigenvalue weighted by Gasteiger charge is -2.25. The van der Waals surface area contributed by atoms with Crippen molar-refractivity contribution >= 4 is 40.9 Å². The highest BCUT2D eigenvalue weighted by Crippen LogP contribution is 2.37. The minimum Gasteiger partial charge on any atom is -0.351 e. The fourth-order valence-corrected chi connectivity index (χ4v) is 4.33. The molecule has 1 fully saturated rings. The molecule has 0 bridgehead atoms. The highest BCUT2D eigenvalue weighted by Gasteiger charge is 2.32. The lowest BCUT2D eigenvalue weighted by molar-refractivity contribution is -0.134. The molecule has 1 aromatic carbocycles. The second-order valence-corrected chi connectivity index (χ2v) is 8.97. The van der Waals surface area contributed by atoms with Gasteiger partial charge in [-0.3, -0.25) is 24.5 Å². The molecule has 2 N–H and O–H groups in total. The van der Waals surface area contributed by atoms with Gasteiger partial charge in [-0.2, -0.15) is 0 Å². The zero-order valence-electron chi connectivity index (χ0n) is 17.4. The minimum absolute atomic E-state index is 0.152. The molecule has 1 aliphatic heterocycles. The maximum Gasteiger partial charge on any atom is 0.250 e. The van der Waals surface area contributed by atoms with Gasteiger partial charge in [-0.1, -0.05) is 29.3 Å². The molecule has 1 unspecified atom stereocenters. The van der Waals surface area contributed by atoms with Gasteiger partial charge >= 0.3 is 0 Å². The van der Waals surface area contributed by atoms with Crippen LogP contribution in [0.25, 0.3) is 0 Å². The number of halogens is 2. The second kappa shape index (κ2) is 8.85. The summed E-state index contributed by atoms with van der Waals surface area (Å²) in [6.07, 6.45) is 2.21. The normalized spacial score (nSPS) is 16.7. The van der Waals surface area contributed by atoms with E-state index in [1.54, 1.807) is 45.3 Å². The lowest BCUT2D eigenvalue weighted by Crippen LogP contribution is -2.40.